The summed E-state index contributed by atoms with van der Waals surface area (Å²) in [6.07, 6.45) is 1.26. The van der Waals surface area contributed by atoms with Crippen LogP contribution < -0.4 is 21.3 Å². The van der Waals surface area contributed by atoms with Crippen molar-refractivity contribution in [1.82, 2.24) is 21.3 Å². The summed E-state index contributed by atoms with van der Waals surface area (Å²) in [4.78, 5) is 46.5. The molecule has 0 aromatic heterocycles. The minimum absolute atomic E-state index is 0.196. The molecule has 0 aromatic rings. The number of carbonyl (C=O) groups excluding carboxylic acids is 4. The van der Waals surface area contributed by atoms with Crippen molar-refractivity contribution in [1.29, 1.82) is 0 Å². The lowest BCUT2D eigenvalue weighted by molar-refractivity contribution is -0.123. The monoisotopic (exact) mass is 442 g/mol. The fourth-order valence-corrected chi connectivity index (χ4v) is 2.28. The lowest BCUT2D eigenvalue weighted by Gasteiger charge is -2.23. The third-order valence-corrected chi connectivity index (χ3v) is 3.48. The van der Waals surface area contributed by atoms with Gasteiger partial charge >= 0.3 is 12.2 Å². The first-order valence-corrected chi connectivity index (χ1v) is 10.4. The van der Waals surface area contributed by atoms with E-state index in [0.717, 1.165) is 0 Å². The number of rotatable bonds is 12. The van der Waals surface area contributed by atoms with Gasteiger partial charge in [0.15, 0.2) is 0 Å². The summed E-state index contributed by atoms with van der Waals surface area (Å²) >= 11 is 0. The van der Waals surface area contributed by atoms with Crippen LogP contribution in [0.2, 0.25) is 0 Å². The van der Waals surface area contributed by atoms with Crippen molar-refractivity contribution in [2.24, 2.45) is 0 Å². The van der Waals surface area contributed by atoms with Gasteiger partial charge in [0.2, 0.25) is 5.91 Å². The van der Waals surface area contributed by atoms with Gasteiger partial charge in [-0.15, -0.1) is 0 Å². The molecule has 0 aliphatic heterocycles. The molecule has 0 unspecified atom stereocenters. The molecule has 3 amide bonds. The molecule has 0 rings (SSSR count). The lowest BCUT2D eigenvalue weighted by Crippen LogP contribution is -2.48. The van der Waals surface area contributed by atoms with Crippen LogP contribution in [0, 0.1) is 0 Å². The van der Waals surface area contributed by atoms with E-state index in [9.17, 15) is 19.2 Å². The van der Waals surface area contributed by atoms with Gasteiger partial charge in [-0.25, -0.2) is 9.59 Å². The Kier molecular flexibility index (Phi) is 12.3. The third kappa shape index (κ3) is 16.7. The van der Waals surface area contributed by atoms with E-state index in [1.165, 1.54) is 0 Å². The Balaban J connectivity index is 4.46. The molecule has 178 valence electrons. The standard InChI is InChI=1S/C21H38N4O6/c1-15(24-18(28)30-20(2,3)4)22-12-9-8-11-16(17(27)23-13-10-14-26)25-19(29)31-21(5,6)7/h14,16,22H,1,8-13H2,2-7H3,(H,23,27)(H,24,28)(H,25,29)/t16-/m1/s1. The molecule has 0 saturated carbocycles. The minimum Gasteiger partial charge on any atom is -0.444 e. The topological polar surface area (TPSA) is 135 Å². The average Bonchev–Trinajstić information content (AvgIpc) is 2.57. The van der Waals surface area contributed by atoms with Crippen LogP contribution in [-0.4, -0.2) is 54.7 Å². The molecule has 0 spiro atoms. The Morgan fingerprint density at radius 2 is 1.48 bits per heavy atom. The molecule has 10 nitrogen and oxygen atoms in total. The molecule has 0 saturated heterocycles. The minimum atomic E-state index is -0.787. The zero-order chi connectivity index (χ0) is 24.1. The van der Waals surface area contributed by atoms with E-state index in [4.69, 9.17) is 9.47 Å². The number of unbranched alkanes of at least 4 members (excludes halogenated alkanes) is 1. The summed E-state index contributed by atoms with van der Waals surface area (Å²) in [6.45, 7) is 14.9. The van der Waals surface area contributed by atoms with Gasteiger partial charge in [-0.3, -0.25) is 10.1 Å². The van der Waals surface area contributed by atoms with E-state index in [-0.39, 0.29) is 18.9 Å². The molecule has 1 atom stereocenters. The largest absolute Gasteiger partial charge is 0.444 e. The molecule has 0 radical (unpaired) electrons. The van der Waals surface area contributed by atoms with E-state index >= 15 is 0 Å². The quantitative estimate of drug-likeness (QED) is 0.269. The number of ether oxygens (including phenoxy) is 2. The SMILES string of the molecule is C=C(NCCCC[C@@H](NC(=O)OC(C)(C)C)C(=O)NCCC=O)NC(=O)OC(C)(C)C. The maximum absolute atomic E-state index is 12.3. The first-order chi connectivity index (χ1) is 14.2. The molecule has 10 heteroatoms. The van der Waals surface area contributed by atoms with Crippen LogP contribution in [0.3, 0.4) is 0 Å². The number of hydrogen-bond acceptors (Lipinski definition) is 7. The zero-order valence-corrected chi connectivity index (χ0v) is 19.6. The summed E-state index contributed by atoms with van der Waals surface area (Å²) in [7, 11) is 0. The molecule has 0 fully saturated rings. The summed E-state index contributed by atoms with van der Waals surface area (Å²) in [5, 5.41) is 10.7. The lowest BCUT2D eigenvalue weighted by atomic mass is 10.1. The summed E-state index contributed by atoms with van der Waals surface area (Å²) in [6, 6.07) is -0.787. The fraction of sp³-hybridized carbons (Fsp3) is 0.714. The highest BCUT2D eigenvalue weighted by atomic mass is 16.6. The van der Waals surface area contributed by atoms with Crippen molar-refractivity contribution in [3.8, 4) is 0 Å². The van der Waals surface area contributed by atoms with E-state index in [1.807, 2.05) is 0 Å². The highest BCUT2D eigenvalue weighted by Crippen LogP contribution is 2.09. The van der Waals surface area contributed by atoms with Crippen molar-refractivity contribution in [3.63, 3.8) is 0 Å². The maximum Gasteiger partial charge on any atom is 0.413 e. The normalized spacial score (nSPS) is 12.2. The predicted molar refractivity (Wildman–Crippen MR) is 117 cm³/mol. The Morgan fingerprint density at radius 1 is 0.903 bits per heavy atom. The number of nitrogens with one attached hydrogen (secondary N) is 4. The number of hydrogen-bond donors (Lipinski definition) is 4. The number of carbonyl (C=O) groups is 4. The summed E-state index contributed by atoms with van der Waals surface area (Å²) < 4.78 is 10.3. The van der Waals surface area contributed by atoms with Crippen molar-refractivity contribution in [3.05, 3.63) is 12.4 Å². The predicted octanol–water partition coefficient (Wildman–Crippen LogP) is 2.34. The zero-order valence-electron chi connectivity index (χ0n) is 19.6. The smallest absolute Gasteiger partial charge is 0.413 e. The first-order valence-electron chi connectivity index (χ1n) is 10.4. The second kappa shape index (κ2) is 13.5. The second-order valence-electron chi connectivity index (χ2n) is 8.97. The van der Waals surface area contributed by atoms with Gasteiger partial charge in [-0.05, 0) is 60.8 Å². The molecule has 0 aliphatic carbocycles. The van der Waals surface area contributed by atoms with E-state index in [0.29, 0.717) is 37.9 Å². The van der Waals surface area contributed by atoms with Gasteiger partial charge in [0.1, 0.15) is 29.4 Å². The van der Waals surface area contributed by atoms with Crippen LogP contribution in [0.1, 0.15) is 67.2 Å². The van der Waals surface area contributed by atoms with Crippen LogP contribution in [0.4, 0.5) is 9.59 Å². The molecule has 31 heavy (non-hydrogen) atoms. The Morgan fingerprint density at radius 3 is 2.03 bits per heavy atom. The molecular weight excluding hydrogens is 404 g/mol. The number of alkyl carbamates (subject to hydrolysis) is 2. The molecular formula is C21H38N4O6. The van der Waals surface area contributed by atoms with Gasteiger partial charge in [0.25, 0.3) is 0 Å². The molecule has 4 N–H and O–H groups in total. The van der Waals surface area contributed by atoms with Crippen LogP contribution in [0.25, 0.3) is 0 Å². The van der Waals surface area contributed by atoms with Gasteiger partial charge < -0.3 is 30.2 Å². The van der Waals surface area contributed by atoms with E-state index < -0.39 is 29.4 Å². The summed E-state index contributed by atoms with van der Waals surface area (Å²) in [5.74, 6) is -0.0686. The van der Waals surface area contributed by atoms with Crippen molar-refractivity contribution < 1.29 is 28.7 Å². The van der Waals surface area contributed by atoms with Gasteiger partial charge in [0, 0.05) is 19.5 Å². The molecule has 0 bridgehead atoms. The van der Waals surface area contributed by atoms with Crippen LogP contribution >= 0.6 is 0 Å². The Labute approximate surface area is 184 Å². The van der Waals surface area contributed by atoms with Gasteiger partial charge in [-0.1, -0.05) is 6.58 Å². The van der Waals surface area contributed by atoms with Crippen LogP contribution in [0.5, 0.6) is 0 Å². The van der Waals surface area contributed by atoms with Crippen LogP contribution in [-0.2, 0) is 19.1 Å². The Hall–Kier alpha value is -2.78. The van der Waals surface area contributed by atoms with Gasteiger partial charge in [0.05, 0.1) is 0 Å². The van der Waals surface area contributed by atoms with Crippen molar-refractivity contribution in [2.75, 3.05) is 13.1 Å². The fourth-order valence-electron chi connectivity index (χ4n) is 2.28. The highest BCUT2D eigenvalue weighted by Gasteiger charge is 2.24. The molecule has 0 aromatic carbocycles. The van der Waals surface area contributed by atoms with Gasteiger partial charge in [-0.2, -0.15) is 0 Å². The van der Waals surface area contributed by atoms with Crippen molar-refractivity contribution >= 4 is 24.4 Å². The summed E-state index contributed by atoms with van der Waals surface area (Å²) in [5.41, 5.74) is -1.29. The van der Waals surface area contributed by atoms with E-state index in [1.54, 1.807) is 41.5 Å². The second-order valence-corrected chi connectivity index (χ2v) is 8.97. The molecule has 0 heterocycles. The molecule has 0 aliphatic rings. The first kappa shape index (κ1) is 28.2. The third-order valence-electron chi connectivity index (χ3n) is 3.48. The number of aldehydes is 1. The van der Waals surface area contributed by atoms with E-state index in [2.05, 4.69) is 27.8 Å². The number of amides is 3. The van der Waals surface area contributed by atoms with Crippen LogP contribution in [0.15, 0.2) is 12.4 Å². The van der Waals surface area contributed by atoms with Crippen molar-refractivity contribution in [2.45, 2.75) is 84.5 Å². The maximum atomic E-state index is 12.3. The highest BCUT2D eigenvalue weighted by molar-refractivity contribution is 5.85. The Bertz CT molecular complexity index is 622. The average molecular weight is 443 g/mol.